The van der Waals surface area contributed by atoms with Gasteiger partial charge in [-0.05, 0) is 24.6 Å². The third kappa shape index (κ3) is 3.91. The van der Waals surface area contributed by atoms with Gasteiger partial charge in [-0.25, -0.2) is 4.39 Å². The Hall–Kier alpha value is -1.03. The molecule has 1 aromatic carbocycles. The molecule has 1 rings (SSSR count). The second-order valence-corrected chi connectivity index (χ2v) is 4.47. The van der Waals surface area contributed by atoms with Gasteiger partial charge in [0.05, 0.1) is 0 Å². The van der Waals surface area contributed by atoms with Crippen LogP contribution < -0.4 is 0 Å². The van der Waals surface area contributed by atoms with Crippen LogP contribution in [0.3, 0.4) is 0 Å². The molecule has 0 aliphatic heterocycles. The molecule has 2 nitrogen and oxygen atoms in total. The molecule has 0 aliphatic carbocycles. The lowest BCUT2D eigenvalue weighted by Crippen LogP contribution is -2.15. The highest BCUT2D eigenvalue weighted by molar-refractivity contribution is 8.00. The first-order valence-corrected chi connectivity index (χ1v) is 5.66. The summed E-state index contributed by atoms with van der Waals surface area (Å²) in [6, 6.07) is 6.01. The molecule has 1 N–H and O–H groups in total. The predicted octanol–water partition coefficient (Wildman–Crippen LogP) is 3.17. The lowest BCUT2D eigenvalue weighted by Gasteiger charge is -2.10. The summed E-state index contributed by atoms with van der Waals surface area (Å²) in [4.78, 5) is 11.5. The molecule has 0 spiro atoms. The number of hydrogen-bond acceptors (Lipinski definition) is 2. The fourth-order valence-electron chi connectivity index (χ4n) is 1.20. The molecule has 0 aromatic heterocycles. The van der Waals surface area contributed by atoms with Crippen LogP contribution in [0.4, 0.5) is 4.39 Å². The molecule has 1 aromatic rings. The fraction of sp³-hybridized carbons (Fsp3) is 0.364. The minimum absolute atomic E-state index is 0.333. The Morgan fingerprint density at radius 1 is 1.60 bits per heavy atom. The Morgan fingerprint density at radius 3 is 2.87 bits per heavy atom. The molecule has 0 saturated heterocycles. The maximum Gasteiger partial charge on any atom is 0.316 e. The monoisotopic (exact) mass is 228 g/mol. The van der Waals surface area contributed by atoms with Gasteiger partial charge in [-0.2, -0.15) is 0 Å². The summed E-state index contributed by atoms with van der Waals surface area (Å²) in [5.74, 6) is -1.17. The summed E-state index contributed by atoms with van der Waals surface area (Å²) in [5.41, 5.74) is 0. The van der Waals surface area contributed by atoms with Crippen molar-refractivity contribution in [1.29, 1.82) is 0 Å². The number of hydrogen-bond donors (Lipinski definition) is 1. The van der Waals surface area contributed by atoms with Crippen LogP contribution in [0.1, 0.15) is 19.8 Å². The summed E-state index contributed by atoms with van der Waals surface area (Å²) < 4.78 is 12.8. The van der Waals surface area contributed by atoms with E-state index in [1.807, 2.05) is 6.92 Å². The third-order valence-corrected chi connectivity index (χ3v) is 3.15. The van der Waals surface area contributed by atoms with Crippen molar-refractivity contribution in [2.24, 2.45) is 0 Å². The van der Waals surface area contributed by atoms with E-state index in [-0.39, 0.29) is 5.82 Å². The first-order valence-electron chi connectivity index (χ1n) is 4.78. The van der Waals surface area contributed by atoms with E-state index < -0.39 is 11.2 Å². The Labute approximate surface area is 92.5 Å². The summed E-state index contributed by atoms with van der Waals surface area (Å²) in [6.07, 6.45) is 1.40. The molecular formula is C11H13FO2S. The molecule has 1 atom stereocenters. The van der Waals surface area contributed by atoms with Crippen LogP contribution in [0, 0.1) is 5.82 Å². The summed E-state index contributed by atoms with van der Waals surface area (Å²) in [7, 11) is 0. The minimum Gasteiger partial charge on any atom is -0.480 e. The molecule has 0 saturated carbocycles. The number of thioether (sulfide) groups is 1. The number of aliphatic carboxylic acids is 1. The molecule has 0 fully saturated rings. The van der Waals surface area contributed by atoms with Gasteiger partial charge in [0, 0.05) is 4.90 Å². The summed E-state index contributed by atoms with van der Waals surface area (Å²) in [5, 5.41) is 8.43. The third-order valence-electron chi connectivity index (χ3n) is 1.90. The molecule has 0 bridgehead atoms. The van der Waals surface area contributed by atoms with Gasteiger partial charge in [0.1, 0.15) is 11.1 Å². The molecule has 0 amide bonds. The van der Waals surface area contributed by atoms with Gasteiger partial charge in [-0.3, -0.25) is 4.79 Å². The van der Waals surface area contributed by atoms with Crippen LogP contribution in [-0.2, 0) is 4.79 Å². The van der Waals surface area contributed by atoms with Crippen molar-refractivity contribution in [3.63, 3.8) is 0 Å². The van der Waals surface area contributed by atoms with Crippen LogP contribution in [0.25, 0.3) is 0 Å². The van der Waals surface area contributed by atoms with Crippen LogP contribution >= 0.6 is 11.8 Å². The van der Waals surface area contributed by atoms with E-state index in [9.17, 15) is 9.18 Å². The van der Waals surface area contributed by atoms with E-state index in [4.69, 9.17) is 5.11 Å². The average molecular weight is 228 g/mol. The zero-order chi connectivity index (χ0) is 11.3. The van der Waals surface area contributed by atoms with Gasteiger partial charge in [0.2, 0.25) is 0 Å². The quantitative estimate of drug-likeness (QED) is 0.786. The molecule has 0 heterocycles. The highest BCUT2D eigenvalue weighted by Crippen LogP contribution is 2.26. The lowest BCUT2D eigenvalue weighted by atomic mass is 10.2. The molecule has 0 radical (unpaired) electrons. The zero-order valence-electron chi connectivity index (χ0n) is 8.44. The number of carboxylic acids is 1. The fourth-order valence-corrected chi connectivity index (χ4v) is 2.32. The number of carbonyl (C=O) groups is 1. The Kier molecular flexibility index (Phi) is 4.62. The smallest absolute Gasteiger partial charge is 0.316 e. The number of carboxylic acid groups (broad SMARTS) is 1. The van der Waals surface area contributed by atoms with Crippen molar-refractivity contribution >= 4 is 17.7 Å². The zero-order valence-corrected chi connectivity index (χ0v) is 9.26. The van der Waals surface area contributed by atoms with E-state index in [0.29, 0.717) is 11.3 Å². The van der Waals surface area contributed by atoms with E-state index in [1.54, 1.807) is 12.1 Å². The normalized spacial score (nSPS) is 12.4. The lowest BCUT2D eigenvalue weighted by molar-refractivity contribution is -0.136. The van der Waals surface area contributed by atoms with Crippen LogP contribution in [0.5, 0.6) is 0 Å². The molecule has 15 heavy (non-hydrogen) atoms. The number of halogens is 1. The van der Waals surface area contributed by atoms with Crippen LogP contribution in [-0.4, -0.2) is 16.3 Å². The summed E-state index contributed by atoms with van der Waals surface area (Å²) in [6.45, 7) is 1.93. The highest BCUT2D eigenvalue weighted by atomic mass is 32.2. The molecule has 4 heteroatoms. The van der Waals surface area contributed by atoms with Gasteiger partial charge in [-0.1, -0.05) is 19.4 Å². The van der Waals surface area contributed by atoms with E-state index in [1.165, 1.54) is 23.9 Å². The first kappa shape index (κ1) is 12.0. The van der Waals surface area contributed by atoms with Crippen molar-refractivity contribution in [2.45, 2.75) is 29.9 Å². The van der Waals surface area contributed by atoms with Crippen molar-refractivity contribution in [2.75, 3.05) is 0 Å². The van der Waals surface area contributed by atoms with E-state index in [2.05, 4.69) is 0 Å². The maximum absolute atomic E-state index is 12.8. The second-order valence-electron chi connectivity index (χ2n) is 3.19. The number of benzene rings is 1. The van der Waals surface area contributed by atoms with Gasteiger partial charge in [-0.15, -0.1) is 11.8 Å². The Morgan fingerprint density at radius 2 is 2.33 bits per heavy atom. The van der Waals surface area contributed by atoms with E-state index in [0.717, 1.165) is 6.42 Å². The van der Waals surface area contributed by atoms with Gasteiger partial charge in [0.25, 0.3) is 0 Å². The minimum atomic E-state index is -0.842. The SMILES string of the molecule is CCCC(Sc1cccc(F)c1)C(=O)O. The van der Waals surface area contributed by atoms with Crippen molar-refractivity contribution in [3.8, 4) is 0 Å². The highest BCUT2D eigenvalue weighted by Gasteiger charge is 2.17. The Balaban J connectivity index is 2.69. The average Bonchev–Trinajstić information content (AvgIpc) is 2.17. The van der Waals surface area contributed by atoms with Crippen LogP contribution in [0.15, 0.2) is 29.2 Å². The van der Waals surface area contributed by atoms with E-state index >= 15 is 0 Å². The predicted molar refractivity (Wildman–Crippen MR) is 58.6 cm³/mol. The van der Waals surface area contributed by atoms with Gasteiger partial charge < -0.3 is 5.11 Å². The standard InChI is InChI=1S/C11H13FO2S/c1-2-4-10(11(13)14)15-9-6-3-5-8(12)7-9/h3,5-7,10H,2,4H2,1H3,(H,13,14). The van der Waals surface area contributed by atoms with Gasteiger partial charge in [0.15, 0.2) is 0 Å². The van der Waals surface area contributed by atoms with Crippen molar-refractivity contribution in [1.82, 2.24) is 0 Å². The Bertz CT molecular complexity index is 341. The molecule has 0 aliphatic rings. The van der Waals surface area contributed by atoms with Gasteiger partial charge >= 0.3 is 5.97 Å². The second kappa shape index (κ2) is 5.75. The van der Waals surface area contributed by atoms with Crippen LogP contribution in [0.2, 0.25) is 0 Å². The van der Waals surface area contributed by atoms with Crippen molar-refractivity contribution < 1.29 is 14.3 Å². The maximum atomic E-state index is 12.8. The largest absolute Gasteiger partial charge is 0.480 e. The van der Waals surface area contributed by atoms with Crippen molar-refractivity contribution in [3.05, 3.63) is 30.1 Å². The number of rotatable bonds is 5. The molecule has 1 unspecified atom stereocenters. The summed E-state index contributed by atoms with van der Waals surface area (Å²) >= 11 is 1.20. The topological polar surface area (TPSA) is 37.3 Å². The first-order chi connectivity index (χ1) is 7.13. The molecule has 82 valence electrons. The molecular weight excluding hydrogens is 215 g/mol.